The van der Waals surface area contributed by atoms with Crippen molar-refractivity contribution in [3.8, 4) is 11.5 Å². The zero-order valence-corrected chi connectivity index (χ0v) is 14.9. The SMILES string of the molecule is COC(=O)Cc1cc(=O)[nH]c(SCCCOc2ccc(OC)cc2)n1. The first-order valence-electron chi connectivity index (χ1n) is 7.67. The monoisotopic (exact) mass is 364 g/mol. The second-order valence-corrected chi connectivity index (χ2v) is 6.10. The number of hydrogen-bond donors (Lipinski definition) is 1. The number of thioether (sulfide) groups is 1. The minimum absolute atomic E-state index is 0.0193. The zero-order chi connectivity index (χ0) is 18.1. The van der Waals surface area contributed by atoms with Gasteiger partial charge in [-0.25, -0.2) is 4.98 Å². The fraction of sp³-hybridized carbons (Fsp3) is 0.353. The number of aromatic amines is 1. The zero-order valence-electron chi connectivity index (χ0n) is 14.1. The Hall–Kier alpha value is -2.48. The summed E-state index contributed by atoms with van der Waals surface area (Å²) in [7, 11) is 2.92. The molecule has 0 saturated carbocycles. The molecule has 0 aliphatic rings. The summed E-state index contributed by atoms with van der Waals surface area (Å²) in [6.45, 7) is 0.547. The molecule has 2 rings (SSSR count). The van der Waals surface area contributed by atoms with Crippen LogP contribution in [-0.4, -0.2) is 42.5 Å². The Labute approximate surface area is 149 Å². The van der Waals surface area contributed by atoms with Gasteiger partial charge in [0.1, 0.15) is 11.5 Å². The van der Waals surface area contributed by atoms with Crippen LogP contribution in [0.15, 0.2) is 40.3 Å². The lowest BCUT2D eigenvalue weighted by atomic mass is 10.3. The molecule has 25 heavy (non-hydrogen) atoms. The molecule has 2 aromatic rings. The van der Waals surface area contributed by atoms with Crippen molar-refractivity contribution >= 4 is 17.7 Å². The number of ether oxygens (including phenoxy) is 3. The first-order chi connectivity index (χ1) is 12.1. The first-order valence-corrected chi connectivity index (χ1v) is 8.66. The molecule has 0 amide bonds. The third-order valence-electron chi connectivity index (χ3n) is 3.18. The van der Waals surface area contributed by atoms with Gasteiger partial charge in [0.2, 0.25) is 0 Å². The number of nitrogens with one attached hydrogen (secondary N) is 1. The van der Waals surface area contributed by atoms with Crippen molar-refractivity contribution in [2.45, 2.75) is 18.0 Å². The van der Waals surface area contributed by atoms with E-state index >= 15 is 0 Å². The van der Waals surface area contributed by atoms with Crippen LogP contribution in [0.5, 0.6) is 11.5 Å². The van der Waals surface area contributed by atoms with E-state index in [1.165, 1.54) is 24.9 Å². The molecular formula is C17H20N2O5S. The maximum absolute atomic E-state index is 11.6. The predicted octanol–water partition coefficient (Wildman–Crippen LogP) is 2.06. The lowest BCUT2D eigenvalue weighted by molar-refractivity contribution is -0.139. The second kappa shape index (κ2) is 9.73. The molecule has 1 heterocycles. The van der Waals surface area contributed by atoms with Crippen LogP contribution in [0, 0.1) is 0 Å². The molecule has 0 bridgehead atoms. The quantitative estimate of drug-likeness (QED) is 0.315. The molecule has 0 aliphatic heterocycles. The maximum atomic E-state index is 11.6. The minimum Gasteiger partial charge on any atom is -0.497 e. The van der Waals surface area contributed by atoms with Gasteiger partial charge in [0.05, 0.1) is 32.9 Å². The van der Waals surface area contributed by atoms with Crippen LogP contribution in [0.4, 0.5) is 0 Å². The molecule has 1 aromatic carbocycles. The molecule has 1 N–H and O–H groups in total. The van der Waals surface area contributed by atoms with E-state index in [0.29, 0.717) is 17.5 Å². The molecule has 134 valence electrons. The number of nitrogens with zero attached hydrogens (tertiary/aromatic N) is 1. The van der Waals surface area contributed by atoms with Crippen molar-refractivity contribution in [2.24, 2.45) is 0 Å². The molecule has 0 fully saturated rings. The largest absolute Gasteiger partial charge is 0.497 e. The van der Waals surface area contributed by atoms with Gasteiger partial charge in [-0.05, 0) is 30.7 Å². The molecule has 0 spiro atoms. The Morgan fingerprint density at radius 2 is 1.92 bits per heavy atom. The van der Waals surface area contributed by atoms with Crippen molar-refractivity contribution in [1.82, 2.24) is 9.97 Å². The Balaban J connectivity index is 1.77. The number of aromatic nitrogens is 2. The van der Waals surface area contributed by atoms with Gasteiger partial charge in [0.15, 0.2) is 5.16 Å². The number of carbonyl (C=O) groups is 1. The highest BCUT2D eigenvalue weighted by atomic mass is 32.2. The van der Waals surface area contributed by atoms with E-state index in [1.807, 2.05) is 24.3 Å². The van der Waals surface area contributed by atoms with Crippen molar-refractivity contribution in [3.63, 3.8) is 0 Å². The average molecular weight is 364 g/mol. The lowest BCUT2D eigenvalue weighted by Gasteiger charge is -2.07. The average Bonchev–Trinajstić information content (AvgIpc) is 2.61. The summed E-state index contributed by atoms with van der Waals surface area (Å²) in [5.41, 5.74) is 0.110. The Bertz CT molecular complexity index is 745. The summed E-state index contributed by atoms with van der Waals surface area (Å²) in [5.74, 6) is 1.85. The maximum Gasteiger partial charge on any atom is 0.311 e. The van der Waals surface area contributed by atoms with Gasteiger partial charge in [-0.1, -0.05) is 11.8 Å². The van der Waals surface area contributed by atoms with Crippen molar-refractivity contribution in [2.75, 3.05) is 26.6 Å². The third-order valence-corrected chi connectivity index (χ3v) is 4.14. The van der Waals surface area contributed by atoms with E-state index in [0.717, 1.165) is 23.7 Å². The molecular weight excluding hydrogens is 344 g/mol. The van der Waals surface area contributed by atoms with E-state index < -0.39 is 5.97 Å². The fourth-order valence-corrected chi connectivity index (χ4v) is 2.76. The lowest BCUT2D eigenvalue weighted by Crippen LogP contribution is -2.14. The topological polar surface area (TPSA) is 90.5 Å². The molecule has 0 unspecified atom stereocenters. The fourth-order valence-electron chi connectivity index (χ4n) is 1.95. The normalized spacial score (nSPS) is 10.3. The van der Waals surface area contributed by atoms with Crippen molar-refractivity contribution in [3.05, 3.63) is 46.4 Å². The van der Waals surface area contributed by atoms with Crippen LogP contribution in [0.25, 0.3) is 0 Å². The summed E-state index contributed by atoms with van der Waals surface area (Å²) in [6, 6.07) is 8.67. The summed E-state index contributed by atoms with van der Waals surface area (Å²) in [5, 5.41) is 0.482. The highest BCUT2D eigenvalue weighted by Crippen LogP contribution is 2.18. The van der Waals surface area contributed by atoms with E-state index in [-0.39, 0.29) is 12.0 Å². The van der Waals surface area contributed by atoms with Crippen LogP contribution in [0.1, 0.15) is 12.1 Å². The smallest absolute Gasteiger partial charge is 0.311 e. The van der Waals surface area contributed by atoms with Crippen LogP contribution in [0.3, 0.4) is 0 Å². The van der Waals surface area contributed by atoms with Crippen molar-refractivity contribution < 1.29 is 19.0 Å². The number of benzene rings is 1. The first kappa shape index (κ1) is 18.9. The number of H-pyrrole nitrogens is 1. The number of carbonyl (C=O) groups excluding carboxylic acids is 1. The van der Waals surface area contributed by atoms with Crippen molar-refractivity contribution in [1.29, 1.82) is 0 Å². The molecule has 7 nitrogen and oxygen atoms in total. The van der Waals surface area contributed by atoms with Gasteiger partial charge in [-0.2, -0.15) is 0 Å². The summed E-state index contributed by atoms with van der Waals surface area (Å²) < 4.78 is 15.3. The Morgan fingerprint density at radius 1 is 1.20 bits per heavy atom. The van der Waals surface area contributed by atoms with E-state index in [2.05, 4.69) is 14.7 Å². The molecule has 0 aliphatic carbocycles. The molecule has 8 heteroatoms. The summed E-state index contributed by atoms with van der Waals surface area (Å²) in [4.78, 5) is 29.8. The molecule has 0 saturated heterocycles. The van der Waals surface area contributed by atoms with Crippen LogP contribution in [-0.2, 0) is 16.0 Å². The van der Waals surface area contributed by atoms with Crippen LogP contribution in [0.2, 0.25) is 0 Å². The number of esters is 1. The molecule has 1 aromatic heterocycles. The predicted molar refractivity (Wildman–Crippen MR) is 94.4 cm³/mol. The Morgan fingerprint density at radius 3 is 2.60 bits per heavy atom. The highest BCUT2D eigenvalue weighted by Gasteiger charge is 2.07. The highest BCUT2D eigenvalue weighted by molar-refractivity contribution is 7.99. The van der Waals surface area contributed by atoms with Crippen LogP contribution >= 0.6 is 11.8 Å². The van der Waals surface area contributed by atoms with Gasteiger partial charge in [0.25, 0.3) is 5.56 Å². The van der Waals surface area contributed by atoms with Gasteiger partial charge in [-0.3, -0.25) is 9.59 Å². The van der Waals surface area contributed by atoms with Gasteiger partial charge in [-0.15, -0.1) is 0 Å². The number of rotatable bonds is 9. The summed E-state index contributed by atoms with van der Waals surface area (Å²) >= 11 is 1.41. The standard InChI is InChI=1S/C17H20N2O5S/c1-22-13-4-6-14(7-5-13)24-8-3-9-25-17-18-12(10-15(20)19-17)11-16(21)23-2/h4-7,10H,3,8-9,11H2,1-2H3,(H,18,19,20). The van der Waals surface area contributed by atoms with Gasteiger partial charge >= 0.3 is 5.97 Å². The molecule has 0 radical (unpaired) electrons. The Kier molecular flexibility index (Phi) is 7.34. The van der Waals surface area contributed by atoms with E-state index in [9.17, 15) is 9.59 Å². The summed E-state index contributed by atoms with van der Waals surface area (Å²) in [6.07, 6.45) is 0.760. The number of methoxy groups -OCH3 is 2. The second-order valence-electron chi connectivity index (χ2n) is 5.02. The van der Waals surface area contributed by atoms with Crippen LogP contribution < -0.4 is 15.0 Å². The van der Waals surface area contributed by atoms with E-state index in [4.69, 9.17) is 9.47 Å². The van der Waals surface area contributed by atoms with Gasteiger partial charge in [0, 0.05) is 11.8 Å². The minimum atomic E-state index is -0.429. The number of hydrogen-bond acceptors (Lipinski definition) is 7. The third kappa shape index (κ3) is 6.50. The van der Waals surface area contributed by atoms with Gasteiger partial charge < -0.3 is 19.2 Å². The molecule has 0 atom stereocenters. The van der Waals surface area contributed by atoms with E-state index in [1.54, 1.807) is 7.11 Å².